The highest BCUT2D eigenvalue weighted by atomic mass is 32.3. The average molecular weight is 501 g/mol. The number of hydrogen-bond donors (Lipinski definition) is 7. The van der Waals surface area contributed by atoms with E-state index in [1.54, 1.807) is 0 Å². The Bertz CT molecular complexity index is 921. The van der Waals surface area contributed by atoms with Gasteiger partial charge in [-0.15, -0.1) is 0 Å². The van der Waals surface area contributed by atoms with Crippen LogP contribution in [0.2, 0.25) is 0 Å². The van der Waals surface area contributed by atoms with E-state index in [0.29, 0.717) is 45.1 Å². The highest BCUT2D eigenvalue weighted by Crippen LogP contribution is 2.19. The van der Waals surface area contributed by atoms with Crippen LogP contribution in [0.3, 0.4) is 0 Å². The summed E-state index contributed by atoms with van der Waals surface area (Å²) in [6.45, 7) is 0.922. The lowest BCUT2D eigenvalue weighted by molar-refractivity contribution is -0.139. The van der Waals surface area contributed by atoms with E-state index in [9.17, 15) is 14.4 Å². The molecule has 2 rings (SSSR count). The molecule has 13 nitrogen and oxygen atoms in total. The second-order valence-electron chi connectivity index (χ2n) is 7.67. The molecule has 1 aliphatic heterocycles. The topological polar surface area (TPSA) is 229 Å². The summed E-state index contributed by atoms with van der Waals surface area (Å²) in [4.78, 5) is 38.3. The fourth-order valence-corrected chi connectivity index (χ4v) is 3.47. The summed E-state index contributed by atoms with van der Waals surface area (Å²) >= 11 is 0. The van der Waals surface area contributed by atoms with Gasteiger partial charge in [0.2, 0.25) is 11.8 Å². The third kappa shape index (κ3) is 11.7. The van der Waals surface area contributed by atoms with Crippen molar-refractivity contribution >= 4 is 34.5 Å². The number of benzene rings is 1. The Morgan fingerprint density at radius 1 is 1.26 bits per heavy atom. The van der Waals surface area contributed by atoms with Gasteiger partial charge >= 0.3 is 10.4 Å². The molecule has 1 aliphatic rings. The Hall–Kier alpha value is -3.07. The molecule has 0 aliphatic carbocycles. The molecule has 1 aromatic rings. The highest BCUT2D eigenvalue weighted by Gasteiger charge is 2.36. The standard InChI is InChI=1S/C20H30N6O3.H2O4S/c21-16(12-14-6-2-1-3-7-14)19(29)26-11-5-9-17(26)18(28)25-15(13-27)8-4-10-24-20(22)23;1-5(2,3)4/h1-3,6-7,13,15-17H,4-5,8-12,21H2,(H,25,28)(H4,22,23,24);(H2,1,2,3,4)/t15-,16+,17-;/m0./s1. The Morgan fingerprint density at radius 3 is 2.44 bits per heavy atom. The van der Waals surface area contributed by atoms with E-state index in [1.165, 1.54) is 4.90 Å². The van der Waals surface area contributed by atoms with Crippen LogP contribution in [0.5, 0.6) is 0 Å². The van der Waals surface area contributed by atoms with E-state index in [4.69, 9.17) is 34.4 Å². The number of aldehydes is 1. The molecule has 0 unspecified atom stereocenters. The minimum atomic E-state index is -4.67. The van der Waals surface area contributed by atoms with Gasteiger partial charge in [0.15, 0.2) is 5.96 Å². The number of nitrogens with two attached hydrogens (primary N) is 2. The second-order valence-corrected chi connectivity index (χ2v) is 8.56. The lowest BCUT2D eigenvalue weighted by Crippen LogP contribution is -2.53. The molecule has 0 aromatic heterocycles. The SMILES string of the molecule is N=C(N)NCCC[C@@H](C=O)NC(=O)[C@@H]1CCCN1C(=O)[C@H](N)Cc1ccccc1.O=S(=O)(O)O. The first-order valence-electron chi connectivity index (χ1n) is 10.6. The number of guanidine groups is 1. The van der Waals surface area contributed by atoms with E-state index in [1.807, 2.05) is 30.3 Å². The van der Waals surface area contributed by atoms with Crippen molar-refractivity contribution in [1.82, 2.24) is 15.5 Å². The van der Waals surface area contributed by atoms with Crippen molar-refractivity contribution in [2.24, 2.45) is 11.5 Å². The van der Waals surface area contributed by atoms with Crippen LogP contribution in [-0.2, 0) is 31.2 Å². The summed E-state index contributed by atoms with van der Waals surface area (Å²) in [5.74, 6) is -0.720. The molecule has 34 heavy (non-hydrogen) atoms. The smallest absolute Gasteiger partial charge is 0.370 e. The lowest BCUT2D eigenvalue weighted by atomic mass is 10.0. The van der Waals surface area contributed by atoms with Gasteiger partial charge in [0.1, 0.15) is 12.3 Å². The summed E-state index contributed by atoms with van der Waals surface area (Å²) in [6.07, 6.45) is 3.35. The van der Waals surface area contributed by atoms with Gasteiger partial charge in [-0.25, -0.2) is 0 Å². The third-order valence-electron chi connectivity index (χ3n) is 4.95. The van der Waals surface area contributed by atoms with Crippen LogP contribution in [-0.4, -0.2) is 77.7 Å². The van der Waals surface area contributed by atoms with Gasteiger partial charge in [-0.05, 0) is 37.7 Å². The maximum atomic E-state index is 12.8. The molecule has 0 radical (unpaired) electrons. The van der Waals surface area contributed by atoms with Gasteiger partial charge in [0, 0.05) is 13.1 Å². The molecule has 1 aromatic carbocycles. The van der Waals surface area contributed by atoms with Gasteiger partial charge in [0.05, 0.1) is 12.1 Å². The number of likely N-dealkylation sites (tertiary alicyclic amines) is 1. The number of rotatable bonds is 10. The van der Waals surface area contributed by atoms with Gasteiger partial charge < -0.3 is 31.8 Å². The van der Waals surface area contributed by atoms with Gasteiger partial charge in [-0.2, -0.15) is 8.42 Å². The summed E-state index contributed by atoms with van der Waals surface area (Å²) < 4.78 is 31.6. The van der Waals surface area contributed by atoms with Crippen molar-refractivity contribution < 1.29 is 31.9 Å². The largest absolute Gasteiger partial charge is 0.394 e. The minimum Gasteiger partial charge on any atom is -0.370 e. The first kappa shape index (κ1) is 29.0. The van der Waals surface area contributed by atoms with Crippen molar-refractivity contribution in [2.45, 2.75) is 50.2 Å². The molecule has 0 saturated carbocycles. The van der Waals surface area contributed by atoms with E-state index in [0.717, 1.165) is 12.0 Å². The van der Waals surface area contributed by atoms with Gasteiger partial charge in [0.25, 0.3) is 0 Å². The van der Waals surface area contributed by atoms with Crippen LogP contribution < -0.4 is 22.1 Å². The molecular weight excluding hydrogens is 468 g/mol. The molecule has 0 bridgehead atoms. The van der Waals surface area contributed by atoms with E-state index < -0.39 is 28.5 Å². The monoisotopic (exact) mass is 500 g/mol. The van der Waals surface area contributed by atoms with Crippen LogP contribution in [0.25, 0.3) is 0 Å². The number of carbonyl (C=O) groups is 3. The zero-order valence-corrected chi connectivity index (χ0v) is 19.4. The minimum absolute atomic E-state index is 0.136. The Labute approximate surface area is 198 Å². The molecule has 14 heteroatoms. The number of amides is 2. The predicted octanol–water partition coefficient (Wildman–Crippen LogP) is -1.16. The second kappa shape index (κ2) is 14.2. The van der Waals surface area contributed by atoms with Crippen molar-refractivity contribution in [3.8, 4) is 0 Å². The van der Waals surface area contributed by atoms with Crippen LogP contribution in [0, 0.1) is 5.41 Å². The van der Waals surface area contributed by atoms with E-state index in [-0.39, 0.29) is 17.8 Å². The average Bonchev–Trinajstić information content (AvgIpc) is 3.24. The quantitative estimate of drug-likeness (QED) is 0.0669. The maximum Gasteiger partial charge on any atom is 0.394 e. The van der Waals surface area contributed by atoms with Crippen LogP contribution >= 0.6 is 0 Å². The summed E-state index contributed by atoms with van der Waals surface area (Å²) in [5, 5.41) is 12.5. The van der Waals surface area contributed by atoms with Crippen molar-refractivity contribution in [2.75, 3.05) is 13.1 Å². The molecule has 1 fully saturated rings. The predicted molar refractivity (Wildman–Crippen MR) is 124 cm³/mol. The molecule has 3 atom stereocenters. The summed E-state index contributed by atoms with van der Waals surface area (Å²) in [5.41, 5.74) is 12.3. The summed E-state index contributed by atoms with van der Waals surface area (Å²) in [6, 6.07) is 7.54. The number of nitrogens with zero attached hydrogens (tertiary/aromatic N) is 1. The molecule has 2 amide bonds. The summed E-state index contributed by atoms with van der Waals surface area (Å²) in [7, 11) is -4.67. The zero-order chi connectivity index (χ0) is 25.7. The van der Waals surface area contributed by atoms with Crippen molar-refractivity contribution in [3.63, 3.8) is 0 Å². The Balaban J connectivity index is 0.00000104. The fourth-order valence-electron chi connectivity index (χ4n) is 3.47. The first-order chi connectivity index (χ1) is 15.9. The maximum absolute atomic E-state index is 12.8. The number of hydrogen-bond acceptors (Lipinski definition) is 7. The van der Waals surface area contributed by atoms with Crippen LogP contribution in [0.4, 0.5) is 0 Å². The lowest BCUT2D eigenvalue weighted by Gasteiger charge is -2.27. The fraction of sp³-hybridized carbons (Fsp3) is 0.500. The number of nitrogens with one attached hydrogen (secondary N) is 3. The normalized spacial score (nSPS) is 17.0. The molecule has 1 saturated heterocycles. The molecule has 190 valence electrons. The van der Waals surface area contributed by atoms with Crippen LogP contribution in [0.1, 0.15) is 31.2 Å². The van der Waals surface area contributed by atoms with Crippen LogP contribution in [0.15, 0.2) is 30.3 Å². The highest BCUT2D eigenvalue weighted by molar-refractivity contribution is 7.79. The Kier molecular flexibility index (Phi) is 12.1. The molecular formula is C20H32N6O7S. The first-order valence-corrected chi connectivity index (χ1v) is 12.0. The molecule has 9 N–H and O–H groups in total. The zero-order valence-electron chi connectivity index (χ0n) is 18.6. The molecule has 1 heterocycles. The number of carbonyl (C=O) groups excluding carboxylic acids is 3. The van der Waals surface area contributed by atoms with Gasteiger partial charge in [-0.3, -0.25) is 24.1 Å². The van der Waals surface area contributed by atoms with Gasteiger partial charge in [-0.1, -0.05) is 30.3 Å². The van der Waals surface area contributed by atoms with Crippen molar-refractivity contribution in [1.29, 1.82) is 5.41 Å². The van der Waals surface area contributed by atoms with Crippen molar-refractivity contribution in [3.05, 3.63) is 35.9 Å². The Morgan fingerprint density at radius 2 is 1.88 bits per heavy atom. The van der Waals surface area contributed by atoms with E-state index >= 15 is 0 Å². The molecule has 0 spiro atoms. The van der Waals surface area contributed by atoms with E-state index in [2.05, 4.69) is 10.6 Å². The third-order valence-corrected chi connectivity index (χ3v) is 4.95.